The van der Waals surface area contributed by atoms with Crippen LogP contribution in [0, 0.1) is 11.7 Å². The van der Waals surface area contributed by atoms with E-state index in [0.29, 0.717) is 12.6 Å². The van der Waals surface area contributed by atoms with Crippen LogP contribution in [0.2, 0.25) is 0 Å². The summed E-state index contributed by atoms with van der Waals surface area (Å²) >= 11 is 0. The SMILES string of the molecule is Fc1ccc(OCCNCC2CC2)cc1C(F)(F)F. The maximum Gasteiger partial charge on any atom is 0.419 e. The summed E-state index contributed by atoms with van der Waals surface area (Å²) in [7, 11) is 0. The summed E-state index contributed by atoms with van der Waals surface area (Å²) < 4.78 is 55.6. The molecule has 0 amide bonds. The second-order valence-corrected chi connectivity index (χ2v) is 4.64. The van der Waals surface area contributed by atoms with Crippen molar-refractivity contribution in [2.45, 2.75) is 19.0 Å². The Hall–Kier alpha value is -1.30. The van der Waals surface area contributed by atoms with Gasteiger partial charge in [0.1, 0.15) is 18.2 Å². The zero-order valence-corrected chi connectivity index (χ0v) is 10.3. The molecule has 1 N–H and O–H groups in total. The molecule has 1 aliphatic rings. The smallest absolute Gasteiger partial charge is 0.419 e. The molecule has 0 bridgehead atoms. The van der Waals surface area contributed by atoms with Gasteiger partial charge in [0.2, 0.25) is 0 Å². The van der Waals surface area contributed by atoms with Crippen molar-refractivity contribution >= 4 is 0 Å². The molecule has 0 aromatic heterocycles. The predicted molar refractivity (Wildman–Crippen MR) is 62.5 cm³/mol. The van der Waals surface area contributed by atoms with E-state index in [4.69, 9.17) is 4.74 Å². The highest BCUT2D eigenvalue weighted by Crippen LogP contribution is 2.33. The Morgan fingerprint density at radius 2 is 2.00 bits per heavy atom. The van der Waals surface area contributed by atoms with Gasteiger partial charge in [-0.1, -0.05) is 0 Å². The van der Waals surface area contributed by atoms with Crippen molar-refractivity contribution in [3.8, 4) is 5.75 Å². The fraction of sp³-hybridized carbons (Fsp3) is 0.538. The van der Waals surface area contributed by atoms with E-state index in [1.807, 2.05) is 0 Å². The van der Waals surface area contributed by atoms with Gasteiger partial charge in [0.05, 0.1) is 5.56 Å². The molecule has 6 heteroatoms. The first kappa shape index (κ1) is 14.1. The van der Waals surface area contributed by atoms with E-state index in [1.54, 1.807) is 0 Å². The van der Waals surface area contributed by atoms with Gasteiger partial charge in [-0.25, -0.2) is 4.39 Å². The van der Waals surface area contributed by atoms with Crippen molar-refractivity contribution in [2.75, 3.05) is 19.7 Å². The summed E-state index contributed by atoms with van der Waals surface area (Å²) in [5.74, 6) is -0.517. The number of rotatable bonds is 6. The fourth-order valence-electron chi connectivity index (χ4n) is 1.68. The monoisotopic (exact) mass is 277 g/mol. The molecular formula is C13H15F4NO. The van der Waals surface area contributed by atoms with Gasteiger partial charge >= 0.3 is 6.18 Å². The number of benzene rings is 1. The largest absolute Gasteiger partial charge is 0.492 e. The molecule has 19 heavy (non-hydrogen) atoms. The molecule has 0 spiro atoms. The predicted octanol–water partition coefficient (Wildman–Crippen LogP) is 3.22. The molecule has 0 saturated heterocycles. The molecule has 1 fully saturated rings. The minimum Gasteiger partial charge on any atom is -0.492 e. The summed E-state index contributed by atoms with van der Waals surface area (Å²) in [5, 5.41) is 3.15. The molecule has 0 heterocycles. The van der Waals surface area contributed by atoms with E-state index in [2.05, 4.69) is 5.32 Å². The van der Waals surface area contributed by atoms with Crippen LogP contribution >= 0.6 is 0 Å². The molecule has 2 rings (SSSR count). The Kier molecular flexibility index (Phi) is 4.29. The molecule has 1 aromatic rings. The lowest BCUT2D eigenvalue weighted by Gasteiger charge is -2.11. The van der Waals surface area contributed by atoms with Crippen LogP contribution in [0.5, 0.6) is 5.75 Å². The first-order chi connectivity index (χ1) is 8.97. The average molecular weight is 277 g/mol. The Morgan fingerprint density at radius 1 is 1.26 bits per heavy atom. The normalized spacial score (nSPS) is 15.6. The second kappa shape index (κ2) is 5.77. The van der Waals surface area contributed by atoms with E-state index in [-0.39, 0.29) is 12.4 Å². The molecule has 0 aliphatic heterocycles. The standard InChI is InChI=1S/C13H15F4NO/c14-12-4-3-10(7-11(12)13(15,16)17)19-6-5-18-8-9-1-2-9/h3-4,7,9,18H,1-2,5-6,8H2. The van der Waals surface area contributed by atoms with Crippen LogP contribution in [-0.2, 0) is 6.18 Å². The summed E-state index contributed by atoms with van der Waals surface area (Å²) in [6.07, 6.45) is -2.23. The van der Waals surface area contributed by atoms with Crippen molar-refractivity contribution in [1.29, 1.82) is 0 Å². The van der Waals surface area contributed by atoms with Crippen LogP contribution in [0.4, 0.5) is 17.6 Å². The first-order valence-corrected chi connectivity index (χ1v) is 6.17. The zero-order valence-electron chi connectivity index (χ0n) is 10.3. The average Bonchev–Trinajstić information content (AvgIpc) is 3.13. The molecule has 0 unspecified atom stereocenters. The number of nitrogens with one attached hydrogen (secondary N) is 1. The lowest BCUT2D eigenvalue weighted by atomic mass is 10.2. The van der Waals surface area contributed by atoms with Crippen LogP contribution in [0.15, 0.2) is 18.2 Å². The lowest BCUT2D eigenvalue weighted by molar-refractivity contribution is -0.140. The minimum atomic E-state index is -4.70. The van der Waals surface area contributed by atoms with E-state index < -0.39 is 17.6 Å². The Morgan fingerprint density at radius 3 is 2.63 bits per heavy atom. The van der Waals surface area contributed by atoms with Crippen molar-refractivity contribution in [2.24, 2.45) is 5.92 Å². The van der Waals surface area contributed by atoms with Gasteiger partial charge in [0, 0.05) is 6.54 Å². The van der Waals surface area contributed by atoms with Gasteiger partial charge in [-0.2, -0.15) is 13.2 Å². The fourth-order valence-corrected chi connectivity index (χ4v) is 1.68. The van der Waals surface area contributed by atoms with Crippen molar-refractivity contribution < 1.29 is 22.3 Å². The van der Waals surface area contributed by atoms with Crippen LogP contribution < -0.4 is 10.1 Å². The molecular weight excluding hydrogens is 262 g/mol. The third kappa shape index (κ3) is 4.38. The van der Waals surface area contributed by atoms with Gasteiger partial charge in [-0.15, -0.1) is 0 Å². The highest BCUT2D eigenvalue weighted by atomic mass is 19.4. The first-order valence-electron chi connectivity index (χ1n) is 6.17. The number of alkyl halides is 3. The van der Waals surface area contributed by atoms with Gasteiger partial charge < -0.3 is 10.1 Å². The van der Waals surface area contributed by atoms with Crippen LogP contribution in [0.1, 0.15) is 18.4 Å². The topological polar surface area (TPSA) is 21.3 Å². The highest BCUT2D eigenvalue weighted by Gasteiger charge is 2.34. The van der Waals surface area contributed by atoms with Crippen LogP contribution in [0.25, 0.3) is 0 Å². The van der Waals surface area contributed by atoms with Gasteiger partial charge in [-0.05, 0) is 43.5 Å². The van der Waals surface area contributed by atoms with E-state index in [0.717, 1.165) is 18.5 Å². The summed E-state index contributed by atoms with van der Waals surface area (Å²) in [6, 6.07) is 2.66. The maximum atomic E-state index is 13.0. The van der Waals surface area contributed by atoms with Crippen molar-refractivity contribution in [1.82, 2.24) is 5.32 Å². The quantitative estimate of drug-likeness (QED) is 0.636. The van der Waals surface area contributed by atoms with E-state index in [1.165, 1.54) is 18.9 Å². The summed E-state index contributed by atoms with van der Waals surface area (Å²) in [6.45, 7) is 1.74. The Labute approximate surface area is 108 Å². The Balaban J connectivity index is 1.82. The van der Waals surface area contributed by atoms with Crippen molar-refractivity contribution in [3.05, 3.63) is 29.6 Å². The highest BCUT2D eigenvalue weighted by molar-refractivity contribution is 5.31. The second-order valence-electron chi connectivity index (χ2n) is 4.64. The summed E-state index contributed by atoms with van der Waals surface area (Å²) in [4.78, 5) is 0. The van der Waals surface area contributed by atoms with Crippen LogP contribution in [0.3, 0.4) is 0 Å². The molecule has 1 aliphatic carbocycles. The third-order valence-corrected chi connectivity index (χ3v) is 2.92. The Bertz CT molecular complexity index is 429. The number of hydrogen-bond acceptors (Lipinski definition) is 2. The molecule has 0 radical (unpaired) electrons. The number of hydrogen-bond donors (Lipinski definition) is 1. The van der Waals surface area contributed by atoms with Gasteiger partial charge in [0.25, 0.3) is 0 Å². The van der Waals surface area contributed by atoms with Crippen LogP contribution in [-0.4, -0.2) is 19.7 Å². The zero-order chi connectivity index (χ0) is 13.9. The molecule has 0 atom stereocenters. The molecule has 1 saturated carbocycles. The molecule has 106 valence electrons. The van der Waals surface area contributed by atoms with E-state index in [9.17, 15) is 17.6 Å². The van der Waals surface area contributed by atoms with E-state index >= 15 is 0 Å². The number of halogens is 4. The molecule has 1 aromatic carbocycles. The maximum absolute atomic E-state index is 13.0. The van der Waals surface area contributed by atoms with Gasteiger partial charge in [0.15, 0.2) is 0 Å². The summed E-state index contributed by atoms with van der Waals surface area (Å²) in [5.41, 5.74) is -1.30. The lowest BCUT2D eigenvalue weighted by Crippen LogP contribution is -2.23. The van der Waals surface area contributed by atoms with Crippen molar-refractivity contribution in [3.63, 3.8) is 0 Å². The number of ether oxygens (including phenoxy) is 1. The third-order valence-electron chi connectivity index (χ3n) is 2.92. The minimum absolute atomic E-state index is 0.0296. The molecule has 2 nitrogen and oxygen atoms in total. The van der Waals surface area contributed by atoms with Gasteiger partial charge in [-0.3, -0.25) is 0 Å².